The van der Waals surface area contributed by atoms with Gasteiger partial charge < -0.3 is 15.7 Å². The average molecular weight is 339 g/mol. The molecule has 132 valence electrons. The summed E-state index contributed by atoms with van der Waals surface area (Å²) in [6.45, 7) is 4.16. The topological polar surface area (TPSA) is 64.6 Å². The van der Waals surface area contributed by atoms with E-state index in [1.165, 1.54) is 18.4 Å². The van der Waals surface area contributed by atoms with E-state index in [4.69, 9.17) is 0 Å². The lowest BCUT2D eigenvalue weighted by Gasteiger charge is -2.18. The first-order chi connectivity index (χ1) is 12.2. The fourth-order valence-electron chi connectivity index (χ4n) is 3.15. The third kappa shape index (κ3) is 5.22. The molecule has 0 unspecified atom stereocenters. The van der Waals surface area contributed by atoms with E-state index in [0.717, 1.165) is 30.8 Å². The van der Waals surface area contributed by atoms with Crippen LogP contribution in [0.5, 0.6) is 5.75 Å². The van der Waals surface area contributed by atoms with Crippen molar-refractivity contribution in [3.05, 3.63) is 65.2 Å². The zero-order valence-electron chi connectivity index (χ0n) is 14.4. The number of benzene rings is 2. The van der Waals surface area contributed by atoms with Gasteiger partial charge in [-0.05, 0) is 54.8 Å². The van der Waals surface area contributed by atoms with Crippen molar-refractivity contribution in [1.29, 1.82) is 0 Å². The lowest BCUT2D eigenvalue weighted by atomic mass is 10.1. The van der Waals surface area contributed by atoms with Crippen LogP contribution in [0.25, 0.3) is 0 Å². The van der Waals surface area contributed by atoms with Crippen molar-refractivity contribution >= 4 is 6.03 Å². The Morgan fingerprint density at radius 3 is 2.44 bits per heavy atom. The lowest BCUT2D eigenvalue weighted by molar-refractivity contribution is 0.240. The zero-order valence-corrected chi connectivity index (χ0v) is 14.4. The largest absolute Gasteiger partial charge is 0.508 e. The molecule has 0 aromatic heterocycles. The second-order valence-electron chi connectivity index (χ2n) is 6.46. The molecule has 0 aliphatic carbocycles. The minimum Gasteiger partial charge on any atom is -0.508 e. The highest BCUT2D eigenvalue weighted by Crippen LogP contribution is 2.16. The molecule has 1 aliphatic rings. The minimum absolute atomic E-state index is 0.204. The van der Waals surface area contributed by atoms with Gasteiger partial charge in [-0.1, -0.05) is 36.4 Å². The molecule has 0 bridgehead atoms. The molecule has 2 amide bonds. The number of nitrogens with zero attached hydrogens (tertiary/aromatic N) is 1. The number of carbonyl (C=O) groups is 1. The molecular formula is C20H25N3O2. The minimum atomic E-state index is -0.209. The summed E-state index contributed by atoms with van der Waals surface area (Å²) in [7, 11) is 0. The molecule has 1 fully saturated rings. The van der Waals surface area contributed by atoms with Crippen LogP contribution in [0.2, 0.25) is 0 Å². The number of urea groups is 1. The van der Waals surface area contributed by atoms with Crippen molar-refractivity contribution in [2.24, 2.45) is 0 Å². The molecule has 1 heterocycles. The van der Waals surface area contributed by atoms with Crippen molar-refractivity contribution in [2.45, 2.75) is 32.5 Å². The van der Waals surface area contributed by atoms with Crippen LogP contribution in [0.4, 0.5) is 4.79 Å². The number of nitrogens with one attached hydrogen (secondary N) is 2. The van der Waals surface area contributed by atoms with E-state index in [2.05, 4.69) is 33.7 Å². The Morgan fingerprint density at radius 1 is 0.960 bits per heavy atom. The van der Waals surface area contributed by atoms with Gasteiger partial charge in [-0.3, -0.25) is 4.90 Å². The molecule has 0 saturated carbocycles. The van der Waals surface area contributed by atoms with Crippen molar-refractivity contribution in [1.82, 2.24) is 15.5 Å². The number of aromatic hydroxyl groups is 1. The van der Waals surface area contributed by atoms with Crippen LogP contribution in [0.1, 0.15) is 29.5 Å². The van der Waals surface area contributed by atoms with Gasteiger partial charge in [0, 0.05) is 19.6 Å². The zero-order chi connectivity index (χ0) is 17.5. The summed E-state index contributed by atoms with van der Waals surface area (Å²) >= 11 is 0. The second-order valence-corrected chi connectivity index (χ2v) is 6.46. The Labute approximate surface area is 148 Å². The van der Waals surface area contributed by atoms with Gasteiger partial charge in [-0.15, -0.1) is 0 Å². The third-order valence-corrected chi connectivity index (χ3v) is 4.51. The van der Waals surface area contributed by atoms with Crippen LogP contribution in [-0.4, -0.2) is 29.1 Å². The number of amides is 2. The van der Waals surface area contributed by atoms with E-state index in [9.17, 15) is 9.90 Å². The van der Waals surface area contributed by atoms with Crippen molar-refractivity contribution in [3.8, 4) is 5.75 Å². The predicted octanol–water partition coefficient (Wildman–Crippen LogP) is 2.99. The fourth-order valence-corrected chi connectivity index (χ4v) is 3.15. The molecule has 5 heteroatoms. The summed E-state index contributed by atoms with van der Waals surface area (Å²) < 4.78 is 0. The Morgan fingerprint density at radius 2 is 1.68 bits per heavy atom. The molecular weight excluding hydrogens is 314 g/mol. The van der Waals surface area contributed by atoms with Gasteiger partial charge in [0.15, 0.2) is 0 Å². The third-order valence-electron chi connectivity index (χ3n) is 4.51. The monoisotopic (exact) mass is 339 g/mol. The van der Waals surface area contributed by atoms with Gasteiger partial charge in [-0.2, -0.15) is 0 Å². The van der Waals surface area contributed by atoms with Crippen molar-refractivity contribution < 1.29 is 9.90 Å². The summed E-state index contributed by atoms with van der Waals surface area (Å²) in [5.41, 5.74) is 3.30. The molecule has 1 saturated heterocycles. The van der Waals surface area contributed by atoms with Crippen molar-refractivity contribution in [3.63, 3.8) is 0 Å². The molecule has 5 nitrogen and oxygen atoms in total. The predicted molar refractivity (Wildman–Crippen MR) is 98.1 cm³/mol. The standard InChI is InChI=1S/C20H25N3O2/c24-19-9-5-6-16(12-19)13-21-20(25)22-14-17-7-1-2-8-18(17)15-23-10-3-4-11-23/h1-2,5-9,12,24H,3-4,10-11,13-15H2,(H2,21,22,25). The van der Waals surface area contributed by atoms with Crippen LogP contribution < -0.4 is 10.6 Å². The summed E-state index contributed by atoms with van der Waals surface area (Å²) in [5, 5.41) is 15.2. The summed E-state index contributed by atoms with van der Waals surface area (Å²) in [6, 6.07) is 14.9. The number of likely N-dealkylation sites (tertiary alicyclic amines) is 1. The smallest absolute Gasteiger partial charge is 0.315 e. The van der Waals surface area contributed by atoms with E-state index < -0.39 is 0 Å². The Bertz CT molecular complexity index is 712. The molecule has 2 aromatic carbocycles. The molecule has 0 radical (unpaired) electrons. The summed E-state index contributed by atoms with van der Waals surface area (Å²) in [5.74, 6) is 0.204. The van der Waals surface area contributed by atoms with Crippen LogP contribution in [0, 0.1) is 0 Å². The van der Waals surface area contributed by atoms with E-state index in [0.29, 0.717) is 13.1 Å². The quantitative estimate of drug-likeness (QED) is 0.758. The van der Waals surface area contributed by atoms with Gasteiger partial charge in [0.2, 0.25) is 0 Å². The van der Waals surface area contributed by atoms with E-state index >= 15 is 0 Å². The van der Waals surface area contributed by atoms with Gasteiger partial charge in [0.05, 0.1) is 0 Å². The molecule has 1 aliphatic heterocycles. The van der Waals surface area contributed by atoms with Crippen LogP contribution >= 0.6 is 0 Å². The van der Waals surface area contributed by atoms with E-state index in [1.54, 1.807) is 18.2 Å². The normalized spacial score (nSPS) is 14.4. The van der Waals surface area contributed by atoms with Gasteiger partial charge in [0.1, 0.15) is 5.75 Å². The highest BCUT2D eigenvalue weighted by molar-refractivity contribution is 5.73. The molecule has 25 heavy (non-hydrogen) atoms. The maximum Gasteiger partial charge on any atom is 0.315 e. The Kier molecular flexibility index (Phi) is 5.90. The van der Waals surface area contributed by atoms with Crippen LogP contribution in [0.3, 0.4) is 0 Å². The lowest BCUT2D eigenvalue weighted by Crippen LogP contribution is -2.35. The molecule has 0 spiro atoms. The van der Waals surface area contributed by atoms with Gasteiger partial charge >= 0.3 is 6.03 Å². The summed E-state index contributed by atoms with van der Waals surface area (Å²) in [6.07, 6.45) is 2.55. The van der Waals surface area contributed by atoms with Gasteiger partial charge in [0.25, 0.3) is 0 Å². The first-order valence-corrected chi connectivity index (χ1v) is 8.79. The average Bonchev–Trinajstić information content (AvgIpc) is 3.12. The number of phenolic OH excluding ortho intramolecular Hbond substituents is 1. The van der Waals surface area contributed by atoms with Gasteiger partial charge in [-0.25, -0.2) is 4.79 Å². The highest BCUT2D eigenvalue weighted by atomic mass is 16.3. The number of rotatable bonds is 6. The highest BCUT2D eigenvalue weighted by Gasteiger charge is 2.13. The number of carbonyl (C=O) groups excluding carboxylic acids is 1. The molecule has 2 aromatic rings. The first kappa shape index (κ1) is 17.3. The number of hydrogen-bond acceptors (Lipinski definition) is 3. The van der Waals surface area contributed by atoms with Crippen LogP contribution in [-0.2, 0) is 19.6 Å². The number of phenols is 1. The maximum absolute atomic E-state index is 12.0. The molecule has 0 atom stereocenters. The Balaban J connectivity index is 1.50. The summed E-state index contributed by atoms with van der Waals surface area (Å²) in [4.78, 5) is 14.5. The van der Waals surface area contributed by atoms with Crippen molar-refractivity contribution in [2.75, 3.05) is 13.1 Å². The van der Waals surface area contributed by atoms with Crippen LogP contribution in [0.15, 0.2) is 48.5 Å². The first-order valence-electron chi connectivity index (χ1n) is 8.79. The number of hydrogen-bond donors (Lipinski definition) is 3. The second kappa shape index (κ2) is 8.53. The molecule has 3 N–H and O–H groups in total. The van der Waals surface area contributed by atoms with E-state index in [-0.39, 0.29) is 11.8 Å². The molecule has 3 rings (SSSR count). The SMILES string of the molecule is O=C(NCc1cccc(O)c1)NCc1ccccc1CN1CCCC1. The van der Waals surface area contributed by atoms with E-state index in [1.807, 2.05) is 12.1 Å². The fraction of sp³-hybridized carbons (Fsp3) is 0.350. The maximum atomic E-state index is 12.0. The Hall–Kier alpha value is -2.53.